The summed E-state index contributed by atoms with van der Waals surface area (Å²) >= 11 is 0. The molecule has 0 bridgehead atoms. The van der Waals surface area contributed by atoms with E-state index in [2.05, 4.69) is 0 Å². The molecule has 2 rings (SSSR count). The second-order valence-electron chi connectivity index (χ2n) is 7.55. The monoisotopic (exact) mass is 400 g/mol. The fourth-order valence-corrected chi connectivity index (χ4v) is 6.41. The summed E-state index contributed by atoms with van der Waals surface area (Å²) in [6.07, 6.45) is 0.896. The summed E-state index contributed by atoms with van der Waals surface area (Å²) in [6, 6.07) is 19.7. The van der Waals surface area contributed by atoms with Gasteiger partial charge in [-0.15, -0.1) is 0 Å². The fraction of sp³-hybridized carbons (Fsp3) is 0.333. The van der Waals surface area contributed by atoms with Gasteiger partial charge in [-0.2, -0.15) is 0 Å². The highest BCUT2D eigenvalue weighted by Gasteiger charge is 2.30. The van der Waals surface area contributed by atoms with Gasteiger partial charge in [0, 0.05) is 12.8 Å². The number of carbonyl (C=O) groups is 2. The Labute approximate surface area is 163 Å². The van der Waals surface area contributed by atoms with Crippen LogP contribution in [0.4, 0.5) is 0 Å². The molecule has 0 saturated carbocycles. The smallest absolute Gasteiger partial charge is 0.292 e. The van der Waals surface area contributed by atoms with Crippen molar-refractivity contribution in [3.63, 3.8) is 0 Å². The molecule has 0 amide bonds. The second-order valence-corrected chi connectivity index (χ2v) is 15.2. The van der Waals surface area contributed by atoms with Crippen LogP contribution in [0.25, 0.3) is 0 Å². The van der Waals surface area contributed by atoms with E-state index in [9.17, 15) is 9.59 Å². The summed E-state index contributed by atoms with van der Waals surface area (Å²) < 4.78 is 11.5. The molecule has 0 heterocycles. The summed E-state index contributed by atoms with van der Waals surface area (Å²) in [5.41, 5.74) is 0. The second kappa shape index (κ2) is 9.15. The van der Waals surface area contributed by atoms with Crippen molar-refractivity contribution in [2.45, 2.75) is 45.5 Å². The third kappa shape index (κ3) is 6.48. The van der Waals surface area contributed by atoms with Gasteiger partial charge in [-0.3, -0.25) is 9.59 Å². The molecule has 27 heavy (non-hydrogen) atoms. The lowest BCUT2D eigenvalue weighted by atomic mass is 10.2. The molecule has 0 N–H and O–H groups in total. The Balaban J connectivity index is 1.78. The molecule has 0 saturated heterocycles. The molecule has 144 valence electrons. The maximum Gasteiger partial charge on any atom is 0.292 e. The van der Waals surface area contributed by atoms with Crippen LogP contribution in [0.1, 0.15) is 19.3 Å². The fourth-order valence-electron chi connectivity index (χ4n) is 2.85. The Kier molecular flexibility index (Phi) is 7.15. The van der Waals surface area contributed by atoms with Crippen LogP contribution in [0.2, 0.25) is 26.2 Å². The lowest BCUT2D eigenvalue weighted by Crippen LogP contribution is -2.46. The average molecular weight is 401 g/mol. The van der Waals surface area contributed by atoms with Crippen LogP contribution < -0.4 is 10.4 Å². The Bertz CT molecular complexity index is 693. The first-order valence-corrected chi connectivity index (χ1v) is 15.1. The highest BCUT2D eigenvalue weighted by atomic mass is 28.4. The average Bonchev–Trinajstić information content (AvgIpc) is 2.62. The summed E-state index contributed by atoms with van der Waals surface area (Å²) in [7, 11) is -4.52. The molecule has 0 aromatic heterocycles. The topological polar surface area (TPSA) is 52.6 Å². The lowest BCUT2D eigenvalue weighted by molar-refractivity contribution is -0.136. The maximum atomic E-state index is 12.2. The van der Waals surface area contributed by atoms with Crippen LogP contribution in [0.3, 0.4) is 0 Å². The van der Waals surface area contributed by atoms with Gasteiger partial charge in [-0.05, 0) is 43.0 Å². The molecule has 2 aromatic rings. The molecule has 0 fully saturated rings. The Morgan fingerprint density at radius 3 is 1.33 bits per heavy atom. The van der Waals surface area contributed by atoms with E-state index in [1.54, 1.807) is 0 Å². The van der Waals surface area contributed by atoms with E-state index >= 15 is 0 Å². The number of carbonyl (C=O) groups excluding carboxylic acids is 2. The van der Waals surface area contributed by atoms with Crippen LogP contribution in [0.15, 0.2) is 60.7 Å². The van der Waals surface area contributed by atoms with Gasteiger partial charge in [0.15, 0.2) is 0 Å². The lowest BCUT2D eigenvalue weighted by Gasteiger charge is -2.24. The molecule has 6 heteroatoms. The molecule has 0 atom stereocenters. The molecule has 0 aliphatic rings. The highest BCUT2D eigenvalue weighted by Crippen LogP contribution is 2.11. The van der Waals surface area contributed by atoms with Gasteiger partial charge in [0.25, 0.3) is 28.6 Å². The van der Waals surface area contributed by atoms with Crippen molar-refractivity contribution < 1.29 is 18.4 Å². The van der Waals surface area contributed by atoms with Crippen LogP contribution >= 0.6 is 0 Å². The predicted octanol–water partition coefficient (Wildman–Crippen LogP) is 3.47. The van der Waals surface area contributed by atoms with E-state index in [-0.39, 0.29) is 24.8 Å². The van der Waals surface area contributed by atoms with Gasteiger partial charge in [-0.25, -0.2) is 0 Å². The van der Waals surface area contributed by atoms with Gasteiger partial charge in [0.05, 0.1) is 0 Å². The van der Waals surface area contributed by atoms with Gasteiger partial charge in [0.2, 0.25) is 0 Å². The van der Waals surface area contributed by atoms with E-state index in [0.29, 0.717) is 6.42 Å². The molecule has 0 spiro atoms. The summed E-state index contributed by atoms with van der Waals surface area (Å²) in [5, 5.41) is 2.15. The van der Waals surface area contributed by atoms with E-state index in [4.69, 9.17) is 8.85 Å². The SMILES string of the molecule is C[Si](C)(OC(=O)CCCC(=O)O[Si](C)(C)c1ccccc1)c1ccccc1. The first-order valence-electron chi connectivity index (χ1n) is 9.25. The first-order chi connectivity index (χ1) is 12.7. The molecule has 0 radical (unpaired) electrons. The molecular weight excluding hydrogens is 372 g/mol. The van der Waals surface area contributed by atoms with Gasteiger partial charge < -0.3 is 8.85 Å². The van der Waals surface area contributed by atoms with Crippen molar-refractivity contribution >= 4 is 38.9 Å². The van der Waals surface area contributed by atoms with Crippen molar-refractivity contribution in [1.82, 2.24) is 0 Å². The highest BCUT2D eigenvalue weighted by molar-refractivity contribution is 6.85. The van der Waals surface area contributed by atoms with Gasteiger partial charge >= 0.3 is 0 Å². The van der Waals surface area contributed by atoms with E-state index in [1.807, 2.05) is 86.9 Å². The van der Waals surface area contributed by atoms with Crippen molar-refractivity contribution in [3.05, 3.63) is 60.7 Å². The third-order valence-electron chi connectivity index (χ3n) is 4.44. The van der Waals surface area contributed by atoms with Gasteiger partial charge in [-0.1, -0.05) is 60.7 Å². The summed E-state index contributed by atoms with van der Waals surface area (Å²) in [6.45, 7) is 8.01. The van der Waals surface area contributed by atoms with Crippen LogP contribution in [-0.2, 0) is 18.4 Å². The number of benzene rings is 2. The Hall–Kier alpha value is -2.19. The van der Waals surface area contributed by atoms with Crippen LogP contribution in [0, 0.1) is 0 Å². The Morgan fingerprint density at radius 2 is 1.00 bits per heavy atom. The predicted molar refractivity (Wildman–Crippen MR) is 113 cm³/mol. The van der Waals surface area contributed by atoms with E-state index in [1.165, 1.54) is 0 Å². The minimum atomic E-state index is -2.26. The van der Waals surface area contributed by atoms with Crippen molar-refractivity contribution in [2.75, 3.05) is 0 Å². The summed E-state index contributed by atoms with van der Waals surface area (Å²) in [4.78, 5) is 24.4. The quantitative estimate of drug-likeness (QED) is 0.637. The van der Waals surface area contributed by atoms with Crippen LogP contribution in [0.5, 0.6) is 0 Å². The molecule has 0 unspecified atom stereocenters. The largest absolute Gasteiger partial charge is 0.515 e. The number of hydrogen-bond donors (Lipinski definition) is 0. The Morgan fingerprint density at radius 1 is 0.667 bits per heavy atom. The maximum absolute atomic E-state index is 12.2. The normalized spacial score (nSPS) is 11.7. The van der Waals surface area contributed by atoms with Gasteiger partial charge in [0.1, 0.15) is 0 Å². The van der Waals surface area contributed by atoms with E-state index in [0.717, 1.165) is 10.4 Å². The molecule has 2 aromatic carbocycles. The van der Waals surface area contributed by atoms with Crippen LogP contribution in [-0.4, -0.2) is 28.6 Å². The minimum absolute atomic E-state index is 0.228. The molecular formula is C21H28O4Si2. The van der Waals surface area contributed by atoms with E-state index < -0.39 is 16.6 Å². The summed E-state index contributed by atoms with van der Waals surface area (Å²) in [5.74, 6) is -0.495. The standard InChI is InChI=1S/C21H28O4Si2/c1-26(2,18-12-7-5-8-13-18)24-20(22)16-11-17-21(23)25-27(3,4)19-14-9-6-10-15-19/h5-10,12-15H,11,16-17H2,1-4H3. The number of rotatable bonds is 8. The van der Waals surface area contributed by atoms with Crippen molar-refractivity contribution in [2.24, 2.45) is 0 Å². The third-order valence-corrected chi connectivity index (χ3v) is 9.36. The zero-order valence-corrected chi connectivity index (χ0v) is 18.5. The van der Waals surface area contributed by atoms with Crippen molar-refractivity contribution in [3.8, 4) is 0 Å². The molecule has 0 aliphatic carbocycles. The first kappa shape index (κ1) is 21.1. The zero-order chi connectivity index (χ0) is 19.9. The number of hydrogen-bond acceptors (Lipinski definition) is 4. The minimum Gasteiger partial charge on any atom is -0.515 e. The molecule has 4 nitrogen and oxygen atoms in total. The molecule has 0 aliphatic heterocycles. The zero-order valence-electron chi connectivity index (χ0n) is 16.5. The van der Waals surface area contributed by atoms with Crippen molar-refractivity contribution in [1.29, 1.82) is 0 Å².